The van der Waals surface area contributed by atoms with Crippen molar-refractivity contribution in [3.05, 3.63) is 11.7 Å². The maximum Gasteiger partial charge on any atom is 0.227 e. The molecule has 1 aliphatic rings. The van der Waals surface area contributed by atoms with Crippen LogP contribution in [0, 0.1) is 0 Å². The predicted molar refractivity (Wildman–Crippen MR) is 65.8 cm³/mol. The largest absolute Gasteiger partial charge is 0.339 e. The Morgan fingerprint density at radius 1 is 1.35 bits per heavy atom. The molecule has 1 atom stereocenters. The van der Waals surface area contributed by atoms with Gasteiger partial charge in [-0.15, -0.1) is 0 Å². The highest BCUT2D eigenvalue weighted by atomic mass is 16.5. The number of hydrogen-bond acceptors (Lipinski definition) is 5. The molecule has 1 saturated heterocycles. The highest BCUT2D eigenvalue weighted by Crippen LogP contribution is 2.11. The SMILES string of the molecule is CNC(C)c1noc(CCN2CCCCC2)n1. The summed E-state index contributed by atoms with van der Waals surface area (Å²) in [6.45, 7) is 5.50. The third-order valence-corrected chi connectivity index (χ3v) is 3.39. The number of nitrogens with zero attached hydrogens (tertiary/aromatic N) is 3. The van der Waals surface area contributed by atoms with Crippen molar-refractivity contribution in [2.45, 2.75) is 38.6 Å². The second-order valence-electron chi connectivity index (χ2n) is 4.71. The molecule has 2 heterocycles. The van der Waals surface area contributed by atoms with Crippen LogP contribution in [-0.2, 0) is 6.42 Å². The van der Waals surface area contributed by atoms with Gasteiger partial charge >= 0.3 is 0 Å². The van der Waals surface area contributed by atoms with E-state index in [-0.39, 0.29) is 6.04 Å². The van der Waals surface area contributed by atoms with Crippen LogP contribution in [-0.4, -0.2) is 41.7 Å². The van der Waals surface area contributed by atoms with E-state index in [1.54, 1.807) is 0 Å². The summed E-state index contributed by atoms with van der Waals surface area (Å²) in [6, 6.07) is 0.155. The van der Waals surface area contributed by atoms with E-state index >= 15 is 0 Å². The summed E-state index contributed by atoms with van der Waals surface area (Å²) in [5.41, 5.74) is 0. The van der Waals surface area contributed by atoms with E-state index in [1.165, 1.54) is 32.4 Å². The maximum absolute atomic E-state index is 5.25. The van der Waals surface area contributed by atoms with E-state index in [0.29, 0.717) is 0 Å². The van der Waals surface area contributed by atoms with Gasteiger partial charge < -0.3 is 14.7 Å². The molecule has 1 fully saturated rings. The van der Waals surface area contributed by atoms with Gasteiger partial charge in [0.25, 0.3) is 0 Å². The first kappa shape index (κ1) is 12.5. The Morgan fingerprint density at radius 3 is 2.82 bits per heavy atom. The van der Waals surface area contributed by atoms with Gasteiger partial charge in [-0.2, -0.15) is 4.98 Å². The highest BCUT2D eigenvalue weighted by molar-refractivity contribution is 4.92. The number of rotatable bonds is 5. The van der Waals surface area contributed by atoms with Crippen LogP contribution in [0.25, 0.3) is 0 Å². The molecule has 5 nitrogen and oxygen atoms in total. The third kappa shape index (κ3) is 3.51. The standard InChI is InChI=1S/C12H22N4O/c1-10(13-2)12-14-11(17-15-12)6-9-16-7-4-3-5-8-16/h10,13H,3-9H2,1-2H3. The molecular weight excluding hydrogens is 216 g/mol. The molecule has 96 valence electrons. The van der Waals surface area contributed by atoms with E-state index < -0.39 is 0 Å². The second kappa shape index (κ2) is 6.12. The molecule has 5 heteroatoms. The topological polar surface area (TPSA) is 54.2 Å². The van der Waals surface area contributed by atoms with Crippen molar-refractivity contribution in [3.8, 4) is 0 Å². The molecular formula is C12H22N4O. The molecule has 1 aromatic heterocycles. The summed E-state index contributed by atoms with van der Waals surface area (Å²) in [5, 5.41) is 7.09. The maximum atomic E-state index is 5.25. The van der Waals surface area contributed by atoms with Crippen molar-refractivity contribution in [2.75, 3.05) is 26.7 Å². The number of aromatic nitrogens is 2. The van der Waals surface area contributed by atoms with Crippen LogP contribution in [0.1, 0.15) is 43.9 Å². The van der Waals surface area contributed by atoms with Crippen molar-refractivity contribution >= 4 is 0 Å². The molecule has 1 N–H and O–H groups in total. The van der Waals surface area contributed by atoms with E-state index in [0.717, 1.165) is 24.7 Å². The normalized spacial score (nSPS) is 19.4. The number of piperidine rings is 1. The van der Waals surface area contributed by atoms with Crippen molar-refractivity contribution in [2.24, 2.45) is 0 Å². The molecule has 17 heavy (non-hydrogen) atoms. The van der Waals surface area contributed by atoms with Crippen LogP contribution in [0.5, 0.6) is 0 Å². The fourth-order valence-corrected chi connectivity index (χ4v) is 2.11. The van der Waals surface area contributed by atoms with Crippen molar-refractivity contribution < 1.29 is 4.52 Å². The third-order valence-electron chi connectivity index (χ3n) is 3.39. The van der Waals surface area contributed by atoms with Gasteiger partial charge in [-0.05, 0) is 39.9 Å². The van der Waals surface area contributed by atoms with E-state index in [2.05, 4.69) is 20.4 Å². The Labute approximate surface area is 103 Å². The van der Waals surface area contributed by atoms with Gasteiger partial charge in [0.05, 0.1) is 6.04 Å². The smallest absolute Gasteiger partial charge is 0.227 e. The van der Waals surface area contributed by atoms with Gasteiger partial charge in [0.1, 0.15) is 0 Å². The lowest BCUT2D eigenvalue weighted by molar-refractivity contribution is 0.223. The molecule has 2 rings (SSSR count). The monoisotopic (exact) mass is 238 g/mol. The Hall–Kier alpha value is -0.940. The Bertz CT molecular complexity index is 333. The fourth-order valence-electron chi connectivity index (χ4n) is 2.11. The molecule has 1 unspecified atom stereocenters. The average molecular weight is 238 g/mol. The first-order valence-corrected chi connectivity index (χ1v) is 6.51. The van der Waals surface area contributed by atoms with E-state index in [4.69, 9.17) is 4.52 Å². The lowest BCUT2D eigenvalue weighted by atomic mass is 10.1. The highest BCUT2D eigenvalue weighted by Gasteiger charge is 2.14. The minimum absolute atomic E-state index is 0.155. The second-order valence-corrected chi connectivity index (χ2v) is 4.71. The van der Waals surface area contributed by atoms with Crippen LogP contribution in [0.15, 0.2) is 4.52 Å². The average Bonchev–Trinajstić information content (AvgIpc) is 2.85. The summed E-state index contributed by atoms with van der Waals surface area (Å²) < 4.78 is 5.25. The van der Waals surface area contributed by atoms with Crippen molar-refractivity contribution in [1.82, 2.24) is 20.4 Å². The van der Waals surface area contributed by atoms with Gasteiger partial charge in [-0.1, -0.05) is 11.6 Å². The quantitative estimate of drug-likeness (QED) is 0.840. The Balaban J connectivity index is 1.80. The molecule has 0 aromatic carbocycles. The molecule has 0 bridgehead atoms. The Morgan fingerprint density at radius 2 is 2.12 bits per heavy atom. The van der Waals surface area contributed by atoms with Crippen LogP contribution >= 0.6 is 0 Å². The van der Waals surface area contributed by atoms with Gasteiger partial charge in [-0.3, -0.25) is 0 Å². The molecule has 0 radical (unpaired) electrons. The number of nitrogens with one attached hydrogen (secondary N) is 1. The molecule has 1 aromatic rings. The molecule has 1 aliphatic heterocycles. The van der Waals surface area contributed by atoms with Gasteiger partial charge in [0.15, 0.2) is 5.82 Å². The first-order chi connectivity index (χ1) is 8.29. The summed E-state index contributed by atoms with van der Waals surface area (Å²) in [7, 11) is 1.90. The number of hydrogen-bond donors (Lipinski definition) is 1. The summed E-state index contributed by atoms with van der Waals surface area (Å²) in [5.74, 6) is 1.51. The van der Waals surface area contributed by atoms with Gasteiger partial charge in [0.2, 0.25) is 5.89 Å². The number of likely N-dealkylation sites (tertiary alicyclic amines) is 1. The molecule has 0 amide bonds. The lowest BCUT2D eigenvalue weighted by Gasteiger charge is -2.25. The van der Waals surface area contributed by atoms with Gasteiger partial charge in [-0.25, -0.2) is 0 Å². The van der Waals surface area contributed by atoms with Gasteiger partial charge in [0, 0.05) is 13.0 Å². The lowest BCUT2D eigenvalue weighted by Crippen LogP contribution is -2.31. The molecule has 0 spiro atoms. The van der Waals surface area contributed by atoms with Crippen LogP contribution in [0.2, 0.25) is 0 Å². The molecule has 0 saturated carbocycles. The molecule has 0 aliphatic carbocycles. The van der Waals surface area contributed by atoms with E-state index in [1.807, 2.05) is 14.0 Å². The zero-order chi connectivity index (χ0) is 12.1. The van der Waals surface area contributed by atoms with Crippen LogP contribution in [0.4, 0.5) is 0 Å². The zero-order valence-electron chi connectivity index (χ0n) is 10.8. The fraction of sp³-hybridized carbons (Fsp3) is 0.833. The van der Waals surface area contributed by atoms with Crippen molar-refractivity contribution in [3.63, 3.8) is 0 Å². The summed E-state index contributed by atoms with van der Waals surface area (Å²) in [4.78, 5) is 6.88. The predicted octanol–water partition coefficient (Wildman–Crippen LogP) is 1.38. The van der Waals surface area contributed by atoms with Crippen LogP contribution < -0.4 is 5.32 Å². The minimum Gasteiger partial charge on any atom is -0.339 e. The Kier molecular flexibility index (Phi) is 4.50. The van der Waals surface area contributed by atoms with E-state index in [9.17, 15) is 0 Å². The minimum atomic E-state index is 0.155. The van der Waals surface area contributed by atoms with Crippen molar-refractivity contribution in [1.29, 1.82) is 0 Å². The summed E-state index contributed by atoms with van der Waals surface area (Å²) in [6.07, 6.45) is 4.89. The summed E-state index contributed by atoms with van der Waals surface area (Å²) >= 11 is 0. The first-order valence-electron chi connectivity index (χ1n) is 6.51. The van der Waals surface area contributed by atoms with Crippen LogP contribution in [0.3, 0.4) is 0 Å². The zero-order valence-corrected chi connectivity index (χ0v) is 10.8.